The van der Waals surface area contributed by atoms with Gasteiger partial charge in [0.1, 0.15) is 5.78 Å². The molecule has 4 heteroatoms. The van der Waals surface area contributed by atoms with Gasteiger partial charge in [-0.25, -0.2) is 0 Å². The Kier molecular flexibility index (Phi) is 8.19. The third-order valence-electron chi connectivity index (χ3n) is 5.48. The van der Waals surface area contributed by atoms with Crippen molar-refractivity contribution in [3.05, 3.63) is 0 Å². The molecule has 3 nitrogen and oxygen atoms in total. The minimum absolute atomic E-state index is 0.0340. The van der Waals surface area contributed by atoms with Crippen molar-refractivity contribution in [1.29, 1.82) is 0 Å². The van der Waals surface area contributed by atoms with Crippen LogP contribution in [0.5, 0.6) is 0 Å². The Morgan fingerprint density at radius 3 is 1.74 bits per heavy atom. The van der Waals surface area contributed by atoms with Gasteiger partial charge < -0.3 is 9.53 Å². The maximum absolute atomic E-state index is 12.2. The summed E-state index contributed by atoms with van der Waals surface area (Å²) in [5, 5.41) is 10.9. The summed E-state index contributed by atoms with van der Waals surface area (Å²) in [6, 6.07) is 0. The van der Waals surface area contributed by atoms with Crippen LogP contribution in [-0.2, 0) is 9.22 Å². The Balaban J connectivity index is 5.28. The standard InChI is InChI=1S/C19H40O3Si/c1-12(2)16(20)14(5)17(21)15(6)18(13(3)4)22-23(10,11)19(7,8)9/h12-15,17-18,21H,1-11H3/t14-,15-,17+,18+/m0/s1. The van der Waals surface area contributed by atoms with Gasteiger partial charge in [0, 0.05) is 17.8 Å². The van der Waals surface area contributed by atoms with Crippen molar-refractivity contribution in [2.45, 2.75) is 92.7 Å². The van der Waals surface area contributed by atoms with E-state index in [0.29, 0.717) is 5.92 Å². The summed E-state index contributed by atoms with van der Waals surface area (Å²) in [7, 11) is -1.92. The molecular weight excluding hydrogens is 304 g/mol. The van der Waals surface area contributed by atoms with E-state index < -0.39 is 14.4 Å². The number of hydrogen-bond acceptors (Lipinski definition) is 3. The van der Waals surface area contributed by atoms with Gasteiger partial charge in [-0.05, 0) is 24.1 Å². The second-order valence-corrected chi connectivity index (χ2v) is 14.0. The van der Waals surface area contributed by atoms with E-state index in [1.807, 2.05) is 27.7 Å². The number of carbonyl (C=O) groups excluding carboxylic acids is 1. The molecule has 0 unspecified atom stereocenters. The van der Waals surface area contributed by atoms with Gasteiger partial charge in [0.05, 0.1) is 12.2 Å². The first-order valence-corrected chi connectivity index (χ1v) is 11.9. The smallest absolute Gasteiger partial charge is 0.192 e. The number of aliphatic hydroxyl groups is 1. The highest BCUT2D eigenvalue weighted by Gasteiger charge is 2.43. The lowest BCUT2D eigenvalue weighted by atomic mass is 9.81. The summed E-state index contributed by atoms with van der Waals surface area (Å²) in [4.78, 5) is 12.2. The molecule has 1 N–H and O–H groups in total. The van der Waals surface area contributed by atoms with Crippen molar-refractivity contribution in [1.82, 2.24) is 0 Å². The summed E-state index contributed by atoms with van der Waals surface area (Å²) in [6.45, 7) is 23.1. The fourth-order valence-corrected chi connectivity index (χ4v) is 4.23. The van der Waals surface area contributed by atoms with Crippen LogP contribution in [0.15, 0.2) is 0 Å². The first kappa shape index (κ1) is 22.8. The molecule has 0 aromatic carbocycles. The quantitative estimate of drug-likeness (QED) is 0.638. The van der Waals surface area contributed by atoms with Gasteiger partial charge in [0.15, 0.2) is 8.32 Å². The lowest BCUT2D eigenvalue weighted by Gasteiger charge is -2.43. The van der Waals surface area contributed by atoms with Crippen LogP contribution in [0.4, 0.5) is 0 Å². The molecule has 0 heterocycles. The molecule has 0 saturated heterocycles. The number of aliphatic hydroxyl groups excluding tert-OH is 1. The molecule has 0 bridgehead atoms. The molecule has 0 spiro atoms. The molecule has 0 aromatic rings. The normalized spacial score (nSPS) is 18.9. The van der Waals surface area contributed by atoms with Crippen molar-refractivity contribution in [3.63, 3.8) is 0 Å². The molecule has 0 saturated carbocycles. The molecular formula is C19H40O3Si. The zero-order valence-corrected chi connectivity index (χ0v) is 18.2. The Morgan fingerprint density at radius 2 is 1.43 bits per heavy atom. The molecule has 0 aromatic heterocycles. The predicted molar refractivity (Wildman–Crippen MR) is 101 cm³/mol. The number of hydrogen-bond donors (Lipinski definition) is 1. The fraction of sp³-hybridized carbons (Fsp3) is 0.947. The van der Waals surface area contributed by atoms with Crippen LogP contribution < -0.4 is 0 Å². The predicted octanol–water partition coefficient (Wildman–Crippen LogP) is 4.89. The van der Waals surface area contributed by atoms with Crippen LogP contribution in [0, 0.1) is 23.7 Å². The van der Waals surface area contributed by atoms with Gasteiger partial charge in [-0.15, -0.1) is 0 Å². The summed E-state index contributed by atoms with van der Waals surface area (Å²) in [5.74, 6) is -0.0453. The molecule has 0 aliphatic heterocycles. The van der Waals surface area contributed by atoms with E-state index in [-0.39, 0.29) is 34.7 Å². The summed E-state index contributed by atoms with van der Waals surface area (Å²) in [5.41, 5.74) is 0. The van der Waals surface area contributed by atoms with Gasteiger partial charge in [0.25, 0.3) is 0 Å². The highest BCUT2D eigenvalue weighted by molar-refractivity contribution is 6.74. The molecule has 0 amide bonds. The maximum Gasteiger partial charge on any atom is 0.192 e. The van der Waals surface area contributed by atoms with Crippen molar-refractivity contribution in [3.8, 4) is 0 Å². The Labute approximate surface area is 145 Å². The van der Waals surface area contributed by atoms with Gasteiger partial charge >= 0.3 is 0 Å². The highest BCUT2D eigenvalue weighted by Crippen LogP contribution is 2.39. The van der Waals surface area contributed by atoms with Crippen LogP contribution in [-0.4, -0.2) is 31.4 Å². The third kappa shape index (κ3) is 5.99. The van der Waals surface area contributed by atoms with Gasteiger partial charge in [-0.3, -0.25) is 4.79 Å². The minimum atomic E-state index is -1.92. The molecule has 0 radical (unpaired) electrons. The lowest BCUT2D eigenvalue weighted by molar-refractivity contribution is -0.131. The zero-order valence-electron chi connectivity index (χ0n) is 17.2. The van der Waals surface area contributed by atoms with E-state index in [9.17, 15) is 9.90 Å². The van der Waals surface area contributed by atoms with Crippen LogP contribution in [0.2, 0.25) is 18.1 Å². The second kappa shape index (κ2) is 8.26. The van der Waals surface area contributed by atoms with Crippen molar-refractivity contribution < 1.29 is 14.3 Å². The van der Waals surface area contributed by atoms with Crippen LogP contribution in [0.3, 0.4) is 0 Å². The summed E-state index contributed by atoms with van der Waals surface area (Å²) in [6.07, 6.45) is -0.699. The maximum atomic E-state index is 12.2. The average Bonchev–Trinajstić information content (AvgIpc) is 2.39. The van der Waals surface area contributed by atoms with Gasteiger partial charge in [-0.1, -0.05) is 62.3 Å². The molecule has 23 heavy (non-hydrogen) atoms. The molecule has 0 aliphatic carbocycles. The van der Waals surface area contributed by atoms with E-state index >= 15 is 0 Å². The number of ketones is 1. The van der Waals surface area contributed by atoms with Crippen molar-refractivity contribution in [2.24, 2.45) is 23.7 Å². The van der Waals surface area contributed by atoms with Crippen LogP contribution in [0.25, 0.3) is 0 Å². The van der Waals surface area contributed by atoms with Gasteiger partial charge in [-0.2, -0.15) is 0 Å². The third-order valence-corrected chi connectivity index (χ3v) is 9.95. The van der Waals surface area contributed by atoms with Crippen LogP contribution >= 0.6 is 0 Å². The molecule has 0 fully saturated rings. The van der Waals surface area contributed by atoms with Gasteiger partial charge in [0.2, 0.25) is 0 Å². The largest absolute Gasteiger partial charge is 0.413 e. The van der Waals surface area contributed by atoms with Crippen LogP contribution in [0.1, 0.15) is 62.3 Å². The highest BCUT2D eigenvalue weighted by atomic mass is 28.4. The first-order valence-electron chi connectivity index (χ1n) is 9.03. The Bertz CT molecular complexity index is 383. The van der Waals surface area contributed by atoms with E-state index in [0.717, 1.165) is 0 Å². The average molecular weight is 345 g/mol. The number of rotatable bonds is 8. The SMILES string of the molecule is CC(C)C(=O)[C@H](C)[C@@H](O)[C@H](C)[C@H](O[Si](C)(C)C(C)(C)C)C(C)C. The molecule has 0 rings (SSSR count). The fourth-order valence-electron chi connectivity index (χ4n) is 2.71. The zero-order chi connectivity index (χ0) is 18.7. The lowest BCUT2D eigenvalue weighted by Crippen LogP contribution is -2.50. The van der Waals surface area contributed by atoms with E-state index in [1.165, 1.54) is 0 Å². The summed E-state index contributed by atoms with van der Waals surface area (Å²) < 4.78 is 6.60. The topological polar surface area (TPSA) is 46.5 Å². The monoisotopic (exact) mass is 344 g/mol. The molecule has 138 valence electrons. The number of carbonyl (C=O) groups is 1. The van der Waals surface area contributed by atoms with E-state index in [1.54, 1.807) is 0 Å². The first-order chi connectivity index (χ1) is 10.1. The van der Waals surface area contributed by atoms with Crippen molar-refractivity contribution >= 4 is 14.1 Å². The van der Waals surface area contributed by atoms with E-state index in [2.05, 4.69) is 47.7 Å². The summed E-state index contributed by atoms with van der Waals surface area (Å²) >= 11 is 0. The van der Waals surface area contributed by atoms with E-state index in [4.69, 9.17) is 4.43 Å². The minimum Gasteiger partial charge on any atom is -0.413 e. The van der Waals surface area contributed by atoms with Crippen molar-refractivity contribution in [2.75, 3.05) is 0 Å². The molecule has 4 atom stereocenters. The molecule has 0 aliphatic rings. The Hall–Kier alpha value is -0.193. The second-order valence-electron chi connectivity index (χ2n) is 9.28. The Morgan fingerprint density at radius 1 is 1.00 bits per heavy atom. The number of Topliss-reactive ketones (excluding diaryl/α,β-unsaturated/α-hetero) is 1.